The Balaban J connectivity index is 1.79. The summed E-state index contributed by atoms with van der Waals surface area (Å²) in [5, 5.41) is 8.78. The van der Waals surface area contributed by atoms with Crippen LogP contribution in [0.25, 0.3) is 0 Å². The number of hydrogen-bond acceptors (Lipinski definition) is 5. The fourth-order valence-electron chi connectivity index (χ4n) is 2.03. The maximum Gasteiger partial charge on any atom is 0.236 e. The Kier molecular flexibility index (Phi) is 4.31. The minimum absolute atomic E-state index is 0.117. The molecule has 0 aromatic carbocycles. The van der Waals surface area contributed by atoms with Crippen LogP contribution in [0.3, 0.4) is 0 Å². The number of morpholine rings is 2. The molecule has 1 amide bonds. The molecule has 94 valence electrons. The van der Waals surface area contributed by atoms with Crippen molar-refractivity contribution in [3.05, 3.63) is 0 Å². The van der Waals surface area contributed by atoms with Gasteiger partial charge in [-0.2, -0.15) is 5.26 Å². The molecule has 1 unspecified atom stereocenters. The molecule has 0 aliphatic carbocycles. The number of rotatable bonds is 2. The summed E-state index contributed by atoms with van der Waals surface area (Å²) in [5.74, 6) is 0.117. The van der Waals surface area contributed by atoms with Crippen molar-refractivity contribution < 1.29 is 14.3 Å². The van der Waals surface area contributed by atoms with Crippen LogP contribution in [0, 0.1) is 11.3 Å². The SMILES string of the molecule is N#CC1CN(CC(=O)N2CCOCC2)CCO1. The van der Waals surface area contributed by atoms with Crippen molar-refractivity contribution >= 4 is 5.91 Å². The first-order valence-electron chi connectivity index (χ1n) is 5.88. The Morgan fingerprint density at radius 1 is 1.29 bits per heavy atom. The highest BCUT2D eigenvalue weighted by atomic mass is 16.5. The van der Waals surface area contributed by atoms with Crippen LogP contribution in [0.2, 0.25) is 0 Å². The molecule has 6 heteroatoms. The second-order valence-corrected chi connectivity index (χ2v) is 4.22. The lowest BCUT2D eigenvalue weighted by atomic mass is 10.3. The Hall–Kier alpha value is -1.16. The summed E-state index contributed by atoms with van der Waals surface area (Å²) in [4.78, 5) is 15.8. The van der Waals surface area contributed by atoms with Gasteiger partial charge in [0.05, 0.1) is 32.4 Å². The highest BCUT2D eigenvalue weighted by Gasteiger charge is 2.24. The van der Waals surface area contributed by atoms with Crippen LogP contribution in [0.1, 0.15) is 0 Å². The van der Waals surface area contributed by atoms with E-state index in [1.807, 2.05) is 9.80 Å². The molecule has 0 bridgehead atoms. The van der Waals surface area contributed by atoms with Crippen LogP contribution in [0.4, 0.5) is 0 Å². The third-order valence-electron chi connectivity index (χ3n) is 3.02. The van der Waals surface area contributed by atoms with Gasteiger partial charge < -0.3 is 14.4 Å². The van der Waals surface area contributed by atoms with Gasteiger partial charge in [0.15, 0.2) is 6.10 Å². The summed E-state index contributed by atoms with van der Waals surface area (Å²) in [6.07, 6.45) is -0.402. The molecule has 2 heterocycles. The third-order valence-corrected chi connectivity index (χ3v) is 3.02. The van der Waals surface area contributed by atoms with Gasteiger partial charge in [0, 0.05) is 26.2 Å². The van der Waals surface area contributed by atoms with E-state index in [0.29, 0.717) is 52.5 Å². The maximum atomic E-state index is 12.0. The van der Waals surface area contributed by atoms with E-state index in [1.165, 1.54) is 0 Å². The van der Waals surface area contributed by atoms with E-state index in [2.05, 4.69) is 6.07 Å². The van der Waals surface area contributed by atoms with Crippen molar-refractivity contribution in [3.63, 3.8) is 0 Å². The molecular formula is C11H17N3O3. The van der Waals surface area contributed by atoms with Crippen molar-refractivity contribution in [1.29, 1.82) is 5.26 Å². The van der Waals surface area contributed by atoms with Crippen molar-refractivity contribution in [2.75, 3.05) is 52.5 Å². The number of nitrogens with zero attached hydrogens (tertiary/aromatic N) is 3. The van der Waals surface area contributed by atoms with Crippen molar-refractivity contribution in [2.45, 2.75) is 6.10 Å². The van der Waals surface area contributed by atoms with Crippen LogP contribution >= 0.6 is 0 Å². The quantitative estimate of drug-likeness (QED) is 0.623. The predicted octanol–water partition coefficient (Wildman–Crippen LogP) is -0.930. The molecule has 17 heavy (non-hydrogen) atoms. The molecule has 0 N–H and O–H groups in total. The van der Waals surface area contributed by atoms with E-state index in [0.717, 1.165) is 0 Å². The molecule has 2 saturated heterocycles. The smallest absolute Gasteiger partial charge is 0.236 e. The molecule has 0 aromatic heterocycles. The van der Waals surface area contributed by atoms with Crippen LogP contribution in [0.15, 0.2) is 0 Å². The first-order chi connectivity index (χ1) is 8.29. The van der Waals surface area contributed by atoms with E-state index >= 15 is 0 Å². The number of hydrogen-bond donors (Lipinski definition) is 0. The molecule has 2 rings (SSSR count). The zero-order chi connectivity index (χ0) is 12.1. The molecular weight excluding hydrogens is 222 g/mol. The topological polar surface area (TPSA) is 65.8 Å². The second-order valence-electron chi connectivity index (χ2n) is 4.22. The van der Waals surface area contributed by atoms with Crippen LogP contribution in [-0.4, -0.2) is 74.4 Å². The van der Waals surface area contributed by atoms with E-state index in [9.17, 15) is 4.79 Å². The summed E-state index contributed by atoms with van der Waals surface area (Å²) in [7, 11) is 0. The number of nitriles is 1. The lowest BCUT2D eigenvalue weighted by molar-refractivity contribution is -0.137. The van der Waals surface area contributed by atoms with Gasteiger partial charge in [0.25, 0.3) is 0 Å². The average molecular weight is 239 g/mol. The number of amides is 1. The summed E-state index contributed by atoms with van der Waals surface area (Å²) in [6.45, 7) is 4.72. The second kappa shape index (κ2) is 5.96. The average Bonchev–Trinajstić information content (AvgIpc) is 2.40. The predicted molar refractivity (Wildman–Crippen MR) is 59.2 cm³/mol. The zero-order valence-electron chi connectivity index (χ0n) is 9.80. The van der Waals surface area contributed by atoms with Crippen LogP contribution < -0.4 is 0 Å². The van der Waals surface area contributed by atoms with Gasteiger partial charge in [-0.3, -0.25) is 9.69 Å². The number of carbonyl (C=O) groups excluding carboxylic acids is 1. The molecule has 6 nitrogen and oxygen atoms in total. The maximum absolute atomic E-state index is 12.0. The van der Waals surface area contributed by atoms with Crippen molar-refractivity contribution in [2.24, 2.45) is 0 Å². The lowest BCUT2D eigenvalue weighted by Crippen LogP contribution is -2.49. The fraction of sp³-hybridized carbons (Fsp3) is 0.818. The molecule has 1 atom stereocenters. The van der Waals surface area contributed by atoms with Gasteiger partial charge >= 0.3 is 0 Å². The summed E-state index contributed by atoms with van der Waals surface area (Å²) < 4.78 is 10.4. The third kappa shape index (κ3) is 3.40. The van der Waals surface area contributed by atoms with E-state index in [-0.39, 0.29) is 5.91 Å². The highest BCUT2D eigenvalue weighted by molar-refractivity contribution is 5.78. The number of ether oxygens (including phenoxy) is 2. The molecule has 0 aromatic rings. The zero-order valence-corrected chi connectivity index (χ0v) is 9.80. The van der Waals surface area contributed by atoms with E-state index in [4.69, 9.17) is 14.7 Å². The number of carbonyl (C=O) groups is 1. The van der Waals surface area contributed by atoms with Gasteiger partial charge in [-0.05, 0) is 0 Å². The van der Waals surface area contributed by atoms with Gasteiger partial charge in [0.1, 0.15) is 0 Å². The molecule has 2 aliphatic rings. The first-order valence-corrected chi connectivity index (χ1v) is 5.88. The van der Waals surface area contributed by atoms with Gasteiger partial charge in [0.2, 0.25) is 5.91 Å². The van der Waals surface area contributed by atoms with Crippen molar-refractivity contribution in [3.8, 4) is 6.07 Å². The summed E-state index contributed by atoms with van der Waals surface area (Å²) in [6, 6.07) is 2.08. The Labute approximate surface area is 101 Å². The standard InChI is InChI=1S/C11H17N3O3/c12-7-10-8-13(1-6-17-10)9-11(15)14-2-4-16-5-3-14/h10H,1-6,8-9H2. The largest absolute Gasteiger partial charge is 0.378 e. The van der Waals surface area contributed by atoms with Gasteiger partial charge in [-0.1, -0.05) is 0 Å². The normalized spacial score (nSPS) is 26.5. The summed E-state index contributed by atoms with van der Waals surface area (Å²) in [5.41, 5.74) is 0. The summed E-state index contributed by atoms with van der Waals surface area (Å²) >= 11 is 0. The van der Waals surface area contributed by atoms with Crippen LogP contribution in [0.5, 0.6) is 0 Å². The molecule has 0 saturated carbocycles. The first kappa shape index (κ1) is 12.3. The lowest BCUT2D eigenvalue weighted by Gasteiger charge is -2.32. The molecule has 0 radical (unpaired) electrons. The monoisotopic (exact) mass is 239 g/mol. The minimum Gasteiger partial charge on any atom is -0.378 e. The van der Waals surface area contributed by atoms with E-state index < -0.39 is 6.10 Å². The Morgan fingerprint density at radius 2 is 2.06 bits per heavy atom. The van der Waals surface area contributed by atoms with Gasteiger partial charge in [-0.15, -0.1) is 0 Å². The highest BCUT2D eigenvalue weighted by Crippen LogP contribution is 2.06. The molecule has 2 aliphatic heterocycles. The van der Waals surface area contributed by atoms with Crippen molar-refractivity contribution in [1.82, 2.24) is 9.80 Å². The molecule has 0 spiro atoms. The van der Waals surface area contributed by atoms with E-state index in [1.54, 1.807) is 0 Å². The van der Waals surface area contributed by atoms with Gasteiger partial charge in [-0.25, -0.2) is 0 Å². The Bertz CT molecular complexity index is 310. The molecule has 2 fully saturated rings. The minimum atomic E-state index is -0.402. The van der Waals surface area contributed by atoms with Crippen LogP contribution in [-0.2, 0) is 14.3 Å². The Morgan fingerprint density at radius 3 is 2.76 bits per heavy atom. The fourth-order valence-corrected chi connectivity index (χ4v) is 2.03.